The molecule has 0 radical (unpaired) electrons. The summed E-state index contributed by atoms with van der Waals surface area (Å²) in [6, 6.07) is 0.565. The number of aromatic nitrogens is 2. The van der Waals surface area contributed by atoms with Crippen molar-refractivity contribution in [1.29, 1.82) is 0 Å². The van der Waals surface area contributed by atoms with Gasteiger partial charge in [0, 0.05) is 19.1 Å². The van der Waals surface area contributed by atoms with Crippen LogP contribution < -0.4 is 15.0 Å². The summed E-state index contributed by atoms with van der Waals surface area (Å²) < 4.78 is 5.49. The molecule has 1 saturated heterocycles. The zero-order chi connectivity index (χ0) is 11.5. The number of likely N-dealkylation sites (N-methyl/N-ethyl adjacent to an activating group) is 1. The normalized spacial score (nSPS) is 16.4. The van der Waals surface area contributed by atoms with Crippen molar-refractivity contribution in [2.45, 2.75) is 26.0 Å². The van der Waals surface area contributed by atoms with Crippen molar-refractivity contribution in [2.75, 3.05) is 25.0 Å². The van der Waals surface area contributed by atoms with Crippen molar-refractivity contribution in [3.63, 3.8) is 0 Å². The predicted octanol–water partition coefficient (Wildman–Crippen LogP) is 0.672. The third kappa shape index (κ3) is 2.41. The van der Waals surface area contributed by atoms with Crippen LogP contribution in [-0.2, 0) is 0 Å². The second kappa shape index (κ2) is 4.65. The summed E-state index contributed by atoms with van der Waals surface area (Å²) in [5, 5.41) is 3.22. The summed E-state index contributed by atoms with van der Waals surface area (Å²) in [5.41, 5.74) is 0. The molecular weight excluding hydrogens is 204 g/mol. The summed E-state index contributed by atoms with van der Waals surface area (Å²) in [6.45, 7) is 5.92. The van der Waals surface area contributed by atoms with Crippen molar-refractivity contribution in [2.24, 2.45) is 0 Å². The third-order valence-electron chi connectivity index (χ3n) is 2.56. The molecule has 1 fully saturated rings. The van der Waals surface area contributed by atoms with Gasteiger partial charge < -0.3 is 15.0 Å². The lowest BCUT2D eigenvalue weighted by atomic mass is 10.1. The predicted molar refractivity (Wildman–Crippen MR) is 62.9 cm³/mol. The maximum atomic E-state index is 5.49. The lowest BCUT2D eigenvalue weighted by Crippen LogP contribution is -2.57. The number of ether oxygens (including phenoxy) is 1. The number of hydrogen-bond acceptors (Lipinski definition) is 5. The zero-order valence-electron chi connectivity index (χ0n) is 9.97. The monoisotopic (exact) mass is 222 g/mol. The standard InChI is InChI=1S/C11H18N4O/c1-8(2)16-10-4-13-11(14-5-10)15-6-9(7-15)12-3/h4-5,8-9,12H,6-7H2,1-3H3. The van der Waals surface area contributed by atoms with E-state index >= 15 is 0 Å². The Morgan fingerprint density at radius 1 is 1.38 bits per heavy atom. The van der Waals surface area contributed by atoms with Gasteiger partial charge >= 0.3 is 0 Å². The minimum atomic E-state index is 0.159. The molecule has 2 heterocycles. The molecule has 1 aromatic heterocycles. The van der Waals surface area contributed by atoms with Gasteiger partial charge in [-0.1, -0.05) is 0 Å². The fraction of sp³-hybridized carbons (Fsp3) is 0.636. The van der Waals surface area contributed by atoms with Gasteiger partial charge in [-0.2, -0.15) is 0 Å². The maximum absolute atomic E-state index is 5.49. The van der Waals surface area contributed by atoms with E-state index in [1.165, 1.54) is 0 Å². The van der Waals surface area contributed by atoms with Gasteiger partial charge in [-0.05, 0) is 20.9 Å². The summed E-state index contributed by atoms with van der Waals surface area (Å²) in [5.74, 6) is 1.51. The topological polar surface area (TPSA) is 50.3 Å². The molecule has 0 aliphatic carbocycles. The van der Waals surface area contributed by atoms with E-state index in [0.717, 1.165) is 24.8 Å². The highest BCUT2D eigenvalue weighted by Gasteiger charge is 2.26. The molecule has 1 aliphatic heterocycles. The quantitative estimate of drug-likeness (QED) is 0.811. The Bertz CT molecular complexity index is 332. The lowest BCUT2D eigenvalue weighted by molar-refractivity contribution is 0.240. The van der Waals surface area contributed by atoms with Crippen LogP contribution in [0.4, 0.5) is 5.95 Å². The number of rotatable bonds is 4. The molecule has 1 aromatic rings. The van der Waals surface area contributed by atoms with Crippen molar-refractivity contribution < 1.29 is 4.74 Å². The highest BCUT2D eigenvalue weighted by Crippen LogP contribution is 2.17. The summed E-state index contributed by atoms with van der Waals surface area (Å²) >= 11 is 0. The van der Waals surface area contributed by atoms with Gasteiger partial charge in [0.05, 0.1) is 18.5 Å². The Morgan fingerprint density at radius 2 is 2.00 bits per heavy atom. The molecule has 88 valence electrons. The van der Waals surface area contributed by atoms with Crippen LogP contribution in [0.3, 0.4) is 0 Å². The molecule has 5 nitrogen and oxygen atoms in total. The smallest absolute Gasteiger partial charge is 0.225 e. The summed E-state index contributed by atoms with van der Waals surface area (Å²) in [7, 11) is 1.97. The second-order valence-corrected chi connectivity index (χ2v) is 4.28. The van der Waals surface area contributed by atoms with E-state index in [1.54, 1.807) is 12.4 Å². The second-order valence-electron chi connectivity index (χ2n) is 4.28. The third-order valence-corrected chi connectivity index (χ3v) is 2.56. The molecule has 0 atom stereocenters. The molecule has 5 heteroatoms. The molecule has 0 spiro atoms. The summed E-state index contributed by atoms with van der Waals surface area (Å²) in [4.78, 5) is 10.7. The van der Waals surface area contributed by atoms with E-state index in [9.17, 15) is 0 Å². The molecule has 0 aromatic carbocycles. The molecule has 0 saturated carbocycles. The summed E-state index contributed by atoms with van der Waals surface area (Å²) in [6.07, 6.45) is 3.62. The van der Waals surface area contributed by atoms with E-state index in [4.69, 9.17) is 4.74 Å². The lowest BCUT2D eigenvalue weighted by Gasteiger charge is -2.38. The first-order valence-electron chi connectivity index (χ1n) is 5.60. The molecule has 16 heavy (non-hydrogen) atoms. The molecule has 1 N–H and O–H groups in total. The Kier molecular flexibility index (Phi) is 3.24. The Hall–Kier alpha value is -1.36. The van der Waals surface area contributed by atoms with Crippen LogP contribution in [0.1, 0.15) is 13.8 Å². The van der Waals surface area contributed by atoms with Gasteiger partial charge in [-0.3, -0.25) is 0 Å². The van der Waals surface area contributed by atoms with Crippen LogP contribution in [0.25, 0.3) is 0 Å². The maximum Gasteiger partial charge on any atom is 0.225 e. The first kappa shape index (κ1) is 11.1. The average Bonchev–Trinajstić information content (AvgIpc) is 2.18. The van der Waals surface area contributed by atoms with E-state index < -0.39 is 0 Å². The number of nitrogens with zero attached hydrogens (tertiary/aromatic N) is 3. The van der Waals surface area contributed by atoms with Crippen LogP contribution in [-0.4, -0.2) is 42.3 Å². The Balaban J connectivity index is 1.93. The SMILES string of the molecule is CNC1CN(c2ncc(OC(C)C)cn2)C1. The number of anilines is 1. The minimum Gasteiger partial charge on any atom is -0.488 e. The average molecular weight is 222 g/mol. The molecule has 1 aliphatic rings. The van der Waals surface area contributed by atoms with E-state index in [-0.39, 0.29) is 6.10 Å². The van der Waals surface area contributed by atoms with Gasteiger partial charge in [0.2, 0.25) is 5.95 Å². The van der Waals surface area contributed by atoms with Gasteiger partial charge in [0.1, 0.15) is 0 Å². The minimum absolute atomic E-state index is 0.159. The van der Waals surface area contributed by atoms with Crippen molar-refractivity contribution in [3.05, 3.63) is 12.4 Å². The number of hydrogen-bond donors (Lipinski definition) is 1. The van der Waals surface area contributed by atoms with Crippen molar-refractivity contribution >= 4 is 5.95 Å². The van der Waals surface area contributed by atoms with Gasteiger partial charge in [-0.25, -0.2) is 9.97 Å². The van der Waals surface area contributed by atoms with Crippen LogP contribution >= 0.6 is 0 Å². The molecule has 0 bridgehead atoms. The first-order chi connectivity index (χ1) is 7.69. The zero-order valence-corrected chi connectivity index (χ0v) is 9.97. The Labute approximate surface area is 95.8 Å². The van der Waals surface area contributed by atoms with Crippen LogP contribution in [0, 0.1) is 0 Å². The molecule has 0 unspecified atom stereocenters. The largest absolute Gasteiger partial charge is 0.488 e. The number of nitrogens with one attached hydrogen (secondary N) is 1. The van der Waals surface area contributed by atoms with Crippen LogP contribution in [0.15, 0.2) is 12.4 Å². The highest BCUT2D eigenvalue weighted by molar-refractivity contribution is 5.36. The molecular formula is C11H18N4O. The van der Waals surface area contributed by atoms with E-state index in [0.29, 0.717) is 6.04 Å². The van der Waals surface area contributed by atoms with E-state index in [2.05, 4.69) is 20.2 Å². The van der Waals surface area contributed by atoms with Gasteiger partial charge in [0.15, 0.2) is 5.75 Å². The van der Waals surface area contributed by atoms with Gasteiger partial charge in [-0.15, -0.1) is 0 Å². The van der Waals surface area contributed by atoms with Gasteiger partial charge in [0.25, 0.3) is 0 Å². The molecule has 0 amide bonds. The Morgan fingerprint density at radius 3 is 2.50 bits per heavy atom. The van der Waals surface area contributed by atoms with E-state index in [1.807, 2.05) is 20.9 Å². The molecule has 2 rings (SSSR count). The van der Waals surface area contributed by atoms with Crippen molar-refractivity contribution in [1.82, 2.24) is 15.3 Å². The fourth-order valence-corrected chi connectivity index (χ4v) is 1.63. The first-order valence-corrected chi connectivity index (χ1v) is 5.60. The van der Waals surface area contributed by atoms with Crippen LogP contribution in [0.2, 0.25) is 0 Å². The van der Waals surface area contributed by atoms with Crippen LogP contribution in [0.5, 0.6) is 5.75 Å². The highest BCUT2D eigenvalue weighted by atomic mass is 16.5. The fourth-order valence-electron chi connectivity index (χ4n) is 1.63. The van der Waals surface area contributed by atoms with Crippen molar-refractivity contribution in [3.8, 4) is 5.75 Å².